The van der Waals surface area contributed by atoms with E-state index in [2.05, 4.69) is 17.5 Å². The van der Waals surface area contributed by atoms with Crippen LogP contribution in [0.4, 0.5) is 10.5 Å². The van der Waals surface area contributed by atoms with Crippen molar-refractivity contribution in [2.45, 2.75) is 17.7 Å². The van der Waals surface area contributed by atoms with Gasteiger partial charge in [0.2, 0.25) is 0 Å². The van der Waals surface area contributed by atoms with Gasteiger partial charge in [0, 0.05) is 16.5 Å². The maximum Gasteiger partial charge on any atom is 0.411 e. The third-order valence-corrected chi connectivity index (χ3v) is 4.92. The van der Waals surface area contributed by atoms with Gasteiger partial charge in [0.25, 0.3) is 0 Å². The minimum atomic E-state index is -0.353. The van der Waals surface area contributed by atoms with E-state index in [9.17, 15) is 4.79 Å². The number of hydrogen-bond donors (Lipinski definition) is 1. The van der Waals surface area contributed by atoms with Crippen molar-refractivity contribution in [2.24, 2.45) is 17.8 Å². The van der Waals surface area contributed by atoms with E-state index in [1.54, 1.807) is 11.8 Å². The Morgan fingerprint density at radius 3 is 2.70 bits per heavy atom. The van der Waals surface area contributed by atoms with Crippen LogP contribution >= 0.6 is 11.8 Å². The molecule has 0 spiro atoms. The number of carbonyl (C=O) groups excluding carboxylic acids is 1. The Kier molecular flexibility index (Phi) is 4.01. The smallest absolute Gasteiger partial charge is 0.411 e. The number of allylic oxidation sites excluding steroid dienone is 2. The second kappa shape index (κ2) is 5.92. The summed E-state index contributed by atoms with van der Waals surface area (Å²) >= 11 is 1.68. The highest BCUT2D eigenvalue weighted by Gasteiger charge is 2.36. The van der Waals surface area contributed by atoms with Crippen molar-refractivity contribution in [1.29, 1.82) is 0 Å². The Hall–Kier alpha value is -1.42. The molecule has 0 radical (unpaired) electrons. The van der Waals surface area contributed by atoms with Crippen LogP contribution in [0.25, 0.3) is 0 Å². The number of benzene rings is 1. The molecule has 3 rings (SSSR count). The molecule has 3 atom stereocenters. The lowest BCUT2D eigenvalue weighted by molar-refractivity contribution is 0.134. The summed E-state index contributed by atoms with van der Waals surface area (Å²) in [6.45, 7) is 0.528. The van der Waals surface area contributed by atoms with E-state index in [4.69, 9.17) is 4.74 Å². The summed E-state index contributed by atoms with van der Waals surface area (Å²) in [5, 5.41) is 2.77. The first-order valence-corrected chi connectivity index (χ1v) is 8.23. The van der Waals surface area contributed by atoms with E-state index in [1.165, 1.54) is 11.3 Å². The highest BCUT2D eigenvalue weighted by Crippen LogP contribution is 2.43. The summed E-state index contributed by atoms with van der Waals surface area (Å²) in [6.07, 6.45) is 8.66. The number of rotatable bonds is 4. The zero-order valence-corrected chi connectivity index (χ0v) is 12.4. The second-order valence-corrected chi connectivity index (χ2v) is 6.37. The van der Waals surface area contributed by atoms with Crippen LogP contribution in [0.1, 0.15) is 12.8 Å². The van der Waals surface area contributed by atoms with Crippen molar-refractivity contribution < 1.29 is 9.53 Å². The molecule has 1 aromatic rings. The molecule has 1 aromatic carbocycles. The lowest BCUT2D eigenvalue weighted by Crippen LogP contribution is -2.21. The first-order chi connectivity index (χ1) is 9.74. The minimum absolute atomic E-state index is 0.353. The summed E-state index contributed by atoms with van der Waals surface area (Å²) < 4.78 is 5.35. The van der Waals surface area contributed by atoms with E-state index in [1.807, 2.05) is 30.5 Å². The summed E-state index contributed by atoms with van der Waals surface area (Å²) in [4.78, 5) is 13.0. The number of anilines is 1. The van der Waals surface area contributed by atoms with Gasteiger partial charge in [-0.2, -0.15) is 0 Å². The van der Waals surface area contributed by atoms with Crippen molar-refractivity contribution in [2.75, 3.05) is 18.2 Å². The average molecular weight is 289 g/mol. The number of fused-ring (bicyclic) bond motifs is 2. The number of ether oxygens (including phenoxy) is 1. The Bertz CT molecular complexity index is 512. The molecule has 1 saturated carbocycles. The summed E-state index contributed by atoms with van der Waals surface area (Å²) in [7, 11) is 0. The Balaban J connectivity index is 1.46. The summed E-state index contributed by atoms with van der Waals surface area (Å²) in [6, 6.07) is 7.77. The van der Waals surface area contributed by atoms with Crippen LogP contribution < -0.4 is 5.32 Å². The number of nitrogens with one attached hydrogen (secondary N) is 1. The topological polar surface area (TPSA) is 38.3 Å². The van der Waals surface area contributed by atoms with Gasteiger partial charge in [0.1, 0.15) is 0 Å². The number of hydrogen-bond acceptors (Lipinski definition) is 3. The Labute approximate surface area is 123 Å². The Morgan fingerprint density at radius 1 is 1.30 bits per heavy atom. The van der Waals surface area contributed by atoms with Crippen LogP contribution in [0.15, 0.2) is 41.3 Å². The highest BCUT2D eigenvalue weighted by atomic mass is 32.2. The molecule has 0 aromatic heterocycles. The van der Waals surface area contributed by atoms with Crippen molar-refractivity contribution in [3.8, 4) is 0 Å². The molecule has 0 saturated heterocycles. The molecule has 0 heterocycles. The van der Waals surface area contributed by atoms with Crippen LogP contribution in [0, 0.1) is 17.8 Å². The van der Waals surface area contributed by atoms with Gasteiger partial charge in [0.05, 0.1) is 6.61 Å². The van der Waals surface area contributed by atoms with Gasteiger partial charge in [-0.1, -0.05) is 12.2 Å². The van der Waals surface area contributed by atoms with Gasteiger partial charge >= 0.3 is 6.09 Å². The maximum atomic E-state index is 11.8. The molecule has 106 valence electrons. The molecular weight excluding hydrogens is 270 g/mol. The first kappa shape index (κ1) is 13.6. The van der Waals surface area contributed by atoms with Gasteiger partial charge in [0.15, 0.2) is 0 Å². The monoisotopic (exact) mass is 289 g/mol. The lowest BCUT2D eigenvalue weighted by Gasteiger charge is -2.17. The van der Waals surface area contributed by atoms with E-state index in [0.29, 0.717) is 18.4 Å². The minimum Gasteiger partial charge on any atom is -0.449 e. The van der Waals surface area contributed by atoms with Crippen LogP contribution in [-0.2, 0) is 4.74 Å². The first-order valence-electron chi connectivity index (χ1n) is 7.01. The van der Waals surface area contributed by atoms with E-state index >= 15 is 0 Å². The predicted octanol–water partition coefficient (Wildman–Crippen LogP) is 4.17. The van der Waals surface area contributed by atoms with Crippen molar-refractivity contribution >= 4 is 23.5 Å². The number of amides is 1. The molecule has 2 aliphatic carbocycles. The molecule has 1 fully saturated rings. The highest BCUT2D eigenvalue weighted by molar-refractivity contribution is 7.98. The molecule has 20 heavy (non-hydrogen) atoms. The standard InChI is InChI=1S/C16H19NO2S/c1-20-15-6-4-14(5-7-15)17-16(18)19-10-13-9-11-2-3-12(13)8-11/h2-7,11-13H,8-10H2,1H3,(H,17,18). The van der Waals surface area contributed by atoms with Crippen LogP contribution in [-0.4, -0.2) is 19.0 Å². The molecule has 3 unspecified atom stereocenters. The summed E-state index contributed by atoms with van der Waals surface area (Å²) in [5.74, 6) is 1.85. The van der Waals surface area contributed by atoms with Crippen LogP contribution in [0.5, 0.6) is 0 Å². The van der Waals surface area contributed by atoms with E-state index in [0.717, 1.165) is 18.0 Å². The zero-order valence-electron chi connectivity index (χ0n) is 11.5. The van der Waals surface area contributed by atoms with Gasteiger partial charge in [-0.15, -0.1) is 11.8 Å². The van der Waals surface area contributed by atoms with E-state index in [-0.39, 0.29) is 6.09 Å². The molecule has 2 aliphatic rings. The summed E-state index contributed by atoms with van der Waals surface area (Å²) in [5.41, 5.74) is 0.778. The fourth-order valence-electron chi connectivity index (χ4n) is 3.10. The maximum absolute atomic E-state index is 11.8. The van der Waals surface area contributed by atoms with Gasteiger partial charge < -0.3 is 4.74 Å². The number of carbonyl (C=O) groups is 1. The largest absolute Gasteiger partial charge is 0.449 e. The Morgan fingerprint density at radius 2 is 2.10 bits per heavy atom. The van der Waals surface area contributed by atoms with Gasteiger partial charge in [-0.3, -0.25) is 5.32 Å². The molecular formula is C16H19NO2S. The predicted molar refractivity (Wildman–Crippen MR) is 82.0 cm³/mol. The van der Waals surface area contributed by atoms with Crippen LogP contribution in [0.3, 0.4) is 0 Å². The molecule has 4 heteroatoms. The normalized spacial score (nSPS) is 26.8. The quantitative estimate of drug-likeness (QED) is 0.668. The fourth-order valence-corrected chi connectivity index (χ4v) is 3.51. The zero-order chi connectivity index (χ0) is 13.9. The van der Waals surface area contributed by atoms with Crippen molar-refractivity contribution in [1.82, 2.24) is 0 Å². The third-order valence-electron chi connectivity index (χ3n) is 4.18. The van der Waals surface area contributed by atoms with Crippen molar-refractivity contribution in [3.63, 3.8) is 0 Å². The van der Waals surface area contributed by atoms with Gasteiger partial charge in [-0.05, 0) is 55.2 Å². The molecule has 1 amide bonds. The number of thioether (sulfide) groups is 1. The lowest BCUT2D eigenvalue weighted by atomic mass is 9.95. The van der Waals surface area contributed by atoms with Crippen molar-refractivity contribution in [3.05, 3.63) is 36.4 Å². The fraction of sp³-hybridized carbons (Fsp3) is 0.438. The van der Waals surface area contributed by atoms with Gasteiger partial charge in [-0.25, -0.2) is 4.79 Å². The van der Waals surface area contributed by atoms with E-state index < -0.39 is 0 Å². The molecule has 0 aliphatic heterocycles. The molecule has 2 bridgehead atoms. The SMILES string of the molecule is CSc1ccc(NC(=O)OCC2CC3C=CC2C3)cc1. The average Bonchev–Trinajstić information content (AvgIpc) is 3.08. The molecule has 1 N–H and O–H groups in total. The second-order valence-electron chi connectivity index (χ2n) is 5.49. The van der Waals surface area contributed by atoms with Crippen LogP contribution in [0.2, 0.25) is 0 Å². The third kappa shape index (κ3) is 3.01. The molecule has 3 nitrogen and oxygen atoms in total.